The van der Waals surface area contributed by atoms with Gasteiger partial charge in [0.05, 0.1) is 0 Å². The normalized spacial score (nSPS) is 12.8. The first kappa shape index (κ1) is 20.0. The third-order valence-electron chi connectivity index (χ3n) is 5.64. The van der Waals surface area contributed by atoms with Crippen molar-refractivity contribution < 1.29 is 5.11 Å². The first-order valence-electron chi connectivity index (χ1n) is 10.3. The molecule has 4 rings (SSSR count). The molecule has 150 valence electrons. The van der Waals surface area contributed by atoms with E-state index in [1.54, 1.807) is 0 Å². The van der Waals surface area contributed by atoms with Gasteiger partial charge in [-0.3, -0.25) is 0 Å². The molecule has 0 saturated heterocycles. The summed E-state index contributed by atoms with van der Waals surface area (Å²) in [7, 11) is 0. The molecule has 0 atom stereocenters. The van der Waals surface area contributed by atoms with Crippen LogP contribution in [0.2, 0.25) is 0 Å². The fourth-order valence-corrected chi connectivity index (χ4v) is 5.23. The monoisotopic (exact) mass is 402 g/mol. The molecule has 0 aliphatic rings. The number of phenolic OH excluding ortho intramolecular Hbond substituents is 1. The highest BCUT2D eigenvalue weighted by atomic mass is 32.1. The van der Waals surface area contributed by atoms with Crippen LogP contribution in [0.1, 0.15) is 63.8 Å². The Hall–Kier alpha value is -2.32. The molecule has 0 bridgehead atoms. The molecule has 0 fully saturated rings. The van der Waals surface area contributed by atoms with Crippen LogP contribution in [0, 0.1) is 0 Å². The van der Waals surface area contributed by atoms with E-state index in [-0.39, 0.29) is 10.8 Å². The zero-order valence-corrected chi connectivity index (χ0v) is 19.1. The van der Waals surface area contributed by atoms with Gasteiger partial charge in [0, 0.05) is 20.2 Å². The molecule has 0 radical (unpaired) electrons. The fourth-order valence-electron chi connectivity index (χ4n) is 4.06. The van der Waals surface area contributed by atoms with Gasteiger partial charge in [0.2, 0.25) is 0 Å². The minimum absolute atomic E-state index is 0.102. The van der Waals surface area contributed by atoms with Crippen LogP contribution in [0.15, 0.2) is 54.6 Å². The summed E-state index contributed by atoms with van der Waals surface area (Å²) in [5, 5.41) is 13.7. The van der Waals surface area contributed by atoms with Crippen molar-refractivity contribution in [1.82, 2.24) is 0 Å². The Bertz CT molecular complexity index is 1160. The van der Waals surface area contributed by atoms with E-state index in [1.807, 2.05) is 11.3 Å². The molecular formula is C27H30OS. The molecule has 0 amide bonds. The largest absolute Gasteiger partial charge is 0.507 e. The molecule has 1 aromatic heterocycles. The molecule has 0 unspecified atom stereocenters. The minimum Gasteiger partial charge on any atom is -0.507 e. The Morgan fingerprint density at radius 3 is 1.90 bits per heavy atom. The van der Waals surface area contributed by atoms with Gasteiger partial charge in [0.25, 0.3) is 0 Å². The van der Waals surface area contributed by atoms with Crippen LogP contribution in [0.3, 0.4) is 0 Å². The topological polar surface area (TPSA) is 20.2 Å². The van der Waals surface area contributed by atoms with Crippen LogP contribution in [0.4, 0.5) is 0 Å². The lowest BCUT2D eigenvalue weighted by Gasteiger charge is -2.28. The van der Waals surface area contributed by atoms with Crippen LogP contribution in [0.25, 0.3) is 20.2 Å². The summed E-state index contributed by atoms with van der Waals surface area (Å²) in [5.74, 6) is 0.453. The van der Waals surface area contributed by atoms with E-state index in [1.165, 1.54) is 31.3 Å². The molecule has 4 aromatic rings. The van der Waals surface area contributed by atoms with Crippen LogP contribution in [-0.2, 0) is 17.3 Å². The van der Waals surface area contributed by atoms with Crippen molar-refractivity contribution in [3.8, 4) is 5.75 Å². The molecule has 0 aliphatic heterocycles. The molecule has 29 heavy (non-hydrogen) atoms. The van der Waals surface area contributed by atoms with Crippen molar-refractivity contribution in [1.29, 1.82) is 0 Å². The number of aromatic hydroxyl groups is 1. The number of hydrogen-bond acceptors (Lipinski definition) is 2. The van der Waals surface area contributed by atoms with E-state index in [0.717, 1.165) is 17.5 Å². The first-order valence-corrected chi connectivity index (χ1v) is 11.1. The van der Waals surface area contributed by atoms with E-state index in [2.05, 4.69) is 96.1 Å². The standard InChI is InChI=1S/C27H30OS/c1-26(2,3)21-14-18(15-22(25(21)28)27(4,5)6)13-17-11-12-20-19-9-7-8-10-23(19)29-24(20)16-17/h7-12,14-16,28H,13H2,1-6H3. The van der Waals surface area contributed by atoms with Gasteiger partial charge in [-0.25, -0.2) is 0 Å². The Kier molecular flexibility index (Phi) is 4.74. The average molecular weight is 403 g/mol. The zero-order valence-electron chi connectivity index (χ0n) is 18.3. The van der Waals surface area contributed by atoms with E-state index >= 15 is 0 Å². The highest BCUT2D eigenvalue weighted by molar-refractivity contribution is 7.25. The van der Waals surface area contributed by atoms with Crippen LogP contribution < -0.4 is 0 Å². The number of benzene rings is 3. The lowest BCUT2D eigenvalue weighted by molar-refractivity contribution is 0.423. The van der Waals surface area contributed by atoms with Gasteiger partial charge in [0.15, 0.2) is 0 Å². The van der Waals surface area contributed by atoms with E-state index in [4.69, 9.17) is 0 Å². The number of fused-ring (bicyclic) bond motifs is 3. The van der Waals surface area contributed by atoms with Crippen molar-refractivity contribution >= 4 is 31.5 Å². The third-order valence-corrected chi connectivity index (χ3v) is 6.77. The highest BCUT2D eigenvalue weighted by Crippen LogP contribution is 2.40. The summed E-state index contributed by atoms with van der Waals surface area (Å²) in [6.45, 7) is 13.0. The maximum absolute atomic E-state index is 11.0. The zero-order chi connectivity index (χ0) is 21.0. The van der Waals surface area contributed by atoms with Crippen molar-refractivity contribution in [3.05, 3.63) is 76.9 Å². The van der Waals surface area contributed by atoms with E-state index in [0.29, 0.717) is 5.75 Å². The molecule has 1 N–H and O–H groups in total. The van der Waals surface area contributed by atoms with Crippen LogP contribution in [0.5, 0.6) is 5.75 Å². The summed E-state index contributed by atoms with van der Waals surface area (Å²) in [6, 6.07) is 19.9. The van der Waals surface area contributed by atoms with Crippen molar-refractivity contribution in [3.63, 3.8) is 0 Å². The molecule has 1 heterocycles. The second kappa shape index (κ2) is 6.88. The molecule has 0 aliphatic carbocycles. The first-order chi connectivity index (χ1) is 13.5. The quantitative estimate of drug-likeness (QED) is 0.361. The SMILES string of the molecule is CC(C)(C)c1cc(Cc2ccc3c(c2)sc2ccccc23)cc(C(C)(C)C)c1O. The Morgan fingerprint density at radius 1 is 0.690 bits per heavy atom. The lowest BCUT2D eigenvalue weighted by atomic mass is 9.78. The van der Waals surface area contributed by atoms with Crippen LogP contribution >= 0.6 is 11.3 Å². The van der Waals surface area contributed by atoms with Gasteiger partial charge in [0.1, 0.15) is 5.75 Å². The molecular weight excluding hydrogens is 372 g/mol. The summed E-state index contributed by atoms with van der Waals surface area (Å²) in [4.78, 5) is 0. The lowest BCUT2D eigenvalue weighted by Crippen LogP contribution is -2.18. The third kappa shape index (κ3) is 3.79. The molecule has 2 heteroatoms. The van der Waals surface area contributed by atoms with Crippen molar-refractivity contribution in [2.75, 3.05) is 0 Å². The van der Waals surface area contributed by atoms with Gasteiger partial charge < -0.3 is 5.11 Å². The average Bonchev–Trinajstić information content (AvgIpc) is 2.99. The Labute approximate surface area is 178 Å². The van der Waals surface area contributed by atoms with Gasteiger partial charge >= 0.3 is 0 Å². The van der Waals surface area contributed by atoms with E-state index in [9.17, 15) is 5.11 Å². The molecule has 1 nitrogen and oxygen atoms in total. The second-order valence-corrected chi connectivity index (χ2v) is 11.2. The summed E-state index contributed by atoms with van der Waals surface area (Å²) in [6.07, 6.45) is 0.872. The van der Waals surface area contributed by atoms with Crippen LogP contribution in [-0.4, -0.2) is 5.11 Å². The molecule has 0 saturated carbocycles. The number of phenols is 1. The minimum atomic E-state index is -0.102. The van der Waals surface area contributed by atoms with Gasteiger partial charge in [-0.15, -0.1) is 11.3 Å². The number of thiophene rings is 1. The predicted molar refractivity (Wildman–Crippen MR) is 128 cm³/mol. The van der Waals surface area contributed by atoms with Crippen molar-refractivity contribution in [2.45, 2.75) is 58.8 Å². The molecule has 0 spiro atoms. The smallest absolute Gasteiger partial charge is 0.123 e. The van der Waals surface area contributed by atoms with Gasteiger partial charge in [-0.2, -0.15) is 0 Å². The maximum atomic E-state index is 11.0. The maximum Gasteiger partial charge on any atom is 0.123 e. The summed E-state index contributed by atoms with van der Waals surface area (Å²) in [5.41, 5.74) is 4.43. The Morgan fingerprint density at radius 2 is 1.28 bits per heavy atom. The van der Waals surface area contributed by atoms with Gasteiger partial charge in [-0.1, -0.05) is 84.0 Å². The van der Waals surface area contributed by atoms with Gasteiger partial charge in [-0.05, 0) is 51.6 Å². The summed E-state index contributed by atoms with van der Waals surface area (Å²) >= 11 is 1.86. The molecule has 3 aromatic carbocycles. The highest BCUT2D eigenvalue weighted by Gasteiger charge is 2.26. The van der Waals surface area contributed by atoms with Crippen molar-refractivity contribution in [2.24, 2.45) is 0 Å². The second-order valence-electron chi connectivity index (χ2n) is 10.1. The fraction of sp³-hybridized carbons (Fsp3) is 0.333. The predicted octanol–water partition coefficient (Wildman–Crippen LogP) is 7.95. The summed E-state index contributed by atoms with van der Waals surface area (Å²) < 4.78 is 2.68. The number of hydrogen-bond donors (Lipinski definition) is 1. The van der Waals surface area contributed by atoms with E-state index < -0.39 is 0 Å². The Balaban J connectivity index is 1.80. The number of rotatable bonds is 2.